The zero-order valence-electron chi connectivity index (χ0n) is 13.3. The van der Waals surface area contributed by atoms with Gasteiger partial charge in [0.1, 0.15) is 5.60 Å². The Morgan fingerprint density at radius 3 is 2.78 bits per heavy atom. The van der Waals surface area contributed by atoms with Crippen molar-refractivity contribution < 1.29 is 19.1 Å². The van der Waals surface area contributed by atoms with E-state index in [2.05, 4.69) is 5.32 Å². The molecular weight excluding hydrogens is 320 g/mol. The van der Waals surface area contributed by atoms with Gasteiger partial charge in [-0.05, 0) is 45.5 Å². The maximum absolute atomic E-state index is 12.5. The van der Waals surface area contributed by atoms with E-state index in [9.17, 15) is 9.59 Å². The number of imide groups is 1. The van der Waals surface area contributed by atoms with Crippen LogP contribution in [0.15, 0.2) is 18.2 Å². The van der Waals surface area contributed by atoms with Gasteiger partial charge in [0.2, 0.25) is 0 Å². The van der Waals surface area contributed by atoms with Crippen molar-refractivity contribution in [2.75, 3.05) is 18.0 Å². The van der Waals surface area contributed by atoms with Gasteiger partial charge < -0.3 is 14.8 Å². The number of hydrogen-bond acceptors (Lipinski definition) is 5. The van der Waals surface area contributed by atoms with Crippen molar-refractivity contribution in [1.82, 2.24) is 5.32 Å². The summed E-state index contributed by atoms with van der Waals surface area (Å²) in [6.45, 7) is 6.45. The Hall–Kier alpha value is -1.79. The van der Waals surface area contributed by atoms with Gasteiger partial charge in [-0.1, -0.05) is 11.6 Å². The normalized spacial score (nSPS) is 23.7. The van der Waals surface area contributed by atoms with Crippen LogP contribution >= 0.6 is 11.6 Å². The fourth-order valence-electron chi connectivity index (χ4n) is 2.90. The lowest BCUT2D eigenvalue weighted by Gasteiger charge is -2.39. The van der Waals surface area contributed by atoms with Crippen molar-refractivity contribution in [3.05, 3.63) is 28.8 Å². The maximum atomic E-state index is 12.5. The number of ether oxygens (including phenoxy) is 2. The van der Waals surface area contributed by atoms with Crippen LogP contribution in [0, 0.1) is 0 Å². The van der Waals surface area contributed by atoms with Gasteiger partial charge in [0, 0.05) is 23.6 Å². The third kappa shape index (κ3) is 2.88. The number of benzene rings is 1. The molecule has 124 valence electrons. The quantitative estimate of drug-likeness (QED) is 0.785. The number of nitrogens with one attached hydrogen (secondary N) is 1. The van der Waals surface area contributed by atoms with E-state index in [-0.39, 0.29) is 0 Å². The Balaban J connectivity index is 2.06. The van der Waals surface area contributed by atoms with Crippen molar-refractivity contribution in [3.63, 3.8) is 0 Å². The number of anilines is 1. The Kier molecular flexibility index (Phi) is 3.77. The Morgan fingerprint density at radius 2 is 2.17 bits per heavy atom. The van der Waals surface area contributed by atoms with Gasteiger partial charge in [0.05, 0.1) is 5.69 Å². The number of fused-ring (bicyclic) bond motifs is 2. The van der Waals surface area contributed by atoms with E-state index in [0.29, 0.717) is 23.7 Å². The van der Waals surface area contributed by atoms with Gasteiger partial charge in [-0.2, -0.15) is 4.90 Å². The first-order valence-electron chi connectivity index (χ1n) is 7.49. The van der Waals surface area contributed by atoms with Crippen LogP contribution in [0.5, 0.6) is 0 Å². The summed E-state index contributed by atoms with van der Waals surface area (Å²) in [6, 6.07) is 5.04. The van der Waals surface area contributed by atoms with E-state index in [1.54, 1.807) is 39.0 Å². The van der Waals surface area contributed by atoms with Crippen LogP contribution in [0.2, 0.25) is 5.02 Å². The van der Waals surface area contributed by atoms with Crippen LogP contribution in [-0.2, 0) is 15.1 Å². The molecule has 0 saturated carbocycles. The molecule has 1 aromatic carbocycles. The molecule has 1 saturated heterocycles. The predicted molar refractivity (Wildman–Crippen MR) is 85.8 cm³/mol. The van der Waals surface area contributed by atoms with Crippen molar-refractivity contribution in [2.24, 2.45) is 0 Å². The molecule has 0 aliphatic carbocycles. The van der Waals surface area contributed by atoms with E-state index >= 15 is 0 Å². The van der Waals surface area contributed by atoms with Crippen molar-refractivity contribution >= 4 is 29.5 Å². The molecular formula is C16H19ClN2O4. The first-order chi connectivity index (χ1) is 10.7. The van der Waals surface area contributed by atoms with E-state index in [1.165, 1.54) is 0 Å². The molecule has 1 spiro atoms. The fraction of sp³-hybridized carbons (Fsp3) is 0.500. The lowest BCUT2D eigenvalue weighted by Crippen LogP contribution is -2.50. The van der Waals surface area contributed by atoms with E-state index in [0.717, 1.165) is 17.0 Å². The highest BCUT2D eigenvalue weighted by Crippen LogP contribution is 2.44. The molecule has 0 radical (unpaired) electrons. The monoisotopic (exact) mass is 338 g/mol. The van der Waals surface area contributed by atoms with E-state index in [1.807, 2.05) is 0 Å². The highest BCUT2D eigenvalue weighted by Gasteiger charge is 2.49. The predicted octanol–water partition coefficient (Wildman–Crippen LogP) is 3.42. The average Bonchev–Trinajstić information content (AvgIpc) is 2.87. The lowest BCUT2D eigenvalue weighted by atomic mass is 9.89. The van der Waals surface area contributed by atoms with Crippen molar-refractivity contribution in [1.29, 1.82) is 0 Å². The Labute approximate surface area is 139 Å². The first-order valence-corrected chi connectivity index (χ1v) is 7.86. The van der Waals surface area contributed by atoms with Gasteiger partial charge in [0.15, 0.2) is 5.60 Å². The number of carbonyl (C=O) groups is 2. The maximum Gasteiger partial charge on any atom is 0.424 e. The van der Waals surface area contributed by atoms with E-state index < -0.39 is 23.4 Å². The minimum atomic E-state index is -0.782. The second kappa shape index (κ2) is 5.39. The molecule has 3 rings (SSSR count). The Morgan fingerprint density at radius 1 is 1.43 bits per heavy atom. The number of carbonyl (C=O) groups excluding carboxylic acids is 2. The highest BCUT2D eigenvalue weighted by molar-refractivity contribution is 6.31. The number of nitrogens with zero attached hydrogens (tertiary/aromatic N) is 1. The molecule has 0 bridgehead atoms. The van der Waals surface area contributed by atoms with Crippen LogP contribution < -0.4 is 10.2 Å². The average molecular weight is 339 g/mol. The van der Waals surface area contributed by atoms with Crippen LogP contribution in [-0.4, -0.2) is 30.9 Å². The SMILES string of the molecule is CC(C)(C)OC(=O)N1C(=O)OC2(CCNC2)c2cc(Cl)ccc21. The van der Waals surface area contributed by atoms with Crippen molar-refractivity contribution in [3.8, 4) is 0 Å². The summed E-state index contributed by atoms with van der Waals surface area (Å²) in [4.78, 5) is 25.8. The number of halogens is 1. The van der Waals surface area contributed by atoms with E-state index in [4.69, 9.17) is 21.1 Å². The highest BCUT2D eigenvalue weighted by atomic mass is 35.5. The zero-order chi connectivity index (χ0) is 16.8. The van der Waals surface area contributed by atoms with Gasteiger partial charge in [0.25, 0.3) is 0 Å². The minimum absolute atomic E-state index is 0.462. The summed E-state index contributed by atoms with van der Waals surface area (Å²) in [5.74, 6) is 0. The molecule has 2 aliphatic heterocycles. The summed E-state index contributed by atoms with van der Waals surface area (Å²) in [7, 11) is 0. The largest absolute Gasteiger partial charge is 0.443 e. The topological polar surface area (TPSA) is 67.9 Å². The molecule has 0 aromatic heterocycles. The molecule has 23 heavy (non-hydrogen) atoms. The molecule has 1 aromatic rings. The minimum Gasteiger partial charge on any atom is -0.443 e. The smallest absolute Gasteiger partial charge is 0.424 e. The molecule has 1 N–H and O–H groups in total. The van der Waals surface area contributed by atoms with Crippen LogP contribution in [0.1, 0.15) is 32.8 Å². The summed E-state index contributed by atoms with van der Waals surface area (Å²) < 4.78 is 11.0. The molecule has 2 heterocycles. The number of rotatable bonds is 0. The first kappa shape index (κ1) is 16.1. The van der Waals surface area contributed by atoms with Gasteiger partial charge in [-0.15, -0.1) is 0 Å². The molecule has 2 amide bonds. The fourth-order valence-corrected chi connectivity index (χ4v) is 3.07. The number of hydrogen-bond donors (Lipinski definition) is 1. The van der Waals surface area contributed by atoms with Gasteiger partial charge in [-0.25, -0.2) is 9.59 Å². The summed E-state index contributed by atoms with van der Waals surface area (Å²) in [6.07, 6.45) is -0.849. The molecule has 1 atom stereocenters. The summed E-state index contributed by atoms with van der Waals surface area (Å²) >= 11 is 6.11. The molecule has 1 fully saturated rings. The molecule has 2 aliphatic rings. The summed E-state index contributed by atoms with van der Waals surface area (Å²) in [5, 5.41) is 3.72. The summed E-state index contributed by atoms with van der Waals surface area (Å²) in [5.41, 5.74) is -0.312. The van der Waals surface area contributed by atoms with Crippen molar-refractivity contribution in [2.45, 2.75) is 38.4 Å². The second-order valence-electron chi connectivity index (χ2n) is 6.77. The van der Waals surface area contributed by atoms with Crippen LogP contribution in [0.4, 0.5) is 15.3 Å². The Bertz CT molecular complexity index is 663. The van der Waals surface area contributed by atoms with Crippen LogP contribution in [0.25, 0.3) is 0 Å². The second-order valence-corrected chi connectivity index (χ2v) is 7.20. The standard InChI is InChI=1S/C16H19ClN2O4/c1-15(2,3)22-13(20)19-12-5-4-10(17)8-11(12)16(23-14(19)21)6-7-18-9-16/h4-5,8,18H,6-7,9H2,1-3H3. The van der Waals surface area contributed by atoms with Crippen LogP contribution in [0.3, 0.4) is 0 Å². The third-order valence-electron chi connectivity index (χ3n) is 3.85. The third-order valence-corrected chi connectivity index (χ3v) is 4.08. The molecule has 6 nitrogen and oxygen atoms in total. The molecule has 7 heteroatoms. The molecule has 1 unspecified atom stereocenters. The van der Waals surface area contributed by atoms with Gasteiger partial charge in [-0.3, -0.25) is 0 Å². The number of amides is 2. The zero-order valence-corrected chi connectivity index (χ0v) is 14.1. The lowest BCUT2D eigenvalue weighted by molar-refractivity contribution is 0.0156. The van der Waals surface area contributed by atoms with Gasteiger partial charge >= 0.3 is 12.2 Å².